The second kappa shape index (κ2) is 10.4. The lowest BCUT2D eigenvalue weighted by atomic mass is 9.76. The van der Waals surface area contributed by atoms with Crippen molar-refractivity contribution in [2.45, 2.75) is 32.6 Å². The van der Waals surface area contributed by atoms with Crippen molar-refractivity contribution in [3.8, 4) is 0 Å². The topological polar surface area (TPSA) is 107 Å². The molecule has 1 atom stereocenters. The van der Waals surface area contributed by atoms with E-state index in [9.17, 15) is 23.3 Å². The lowest BCUT2D eigenvalue weighted by Gasteiger charge is -2.24. The van der Waals surface area contributed by atoms with Crippen molar-refractivity contribution in [1.82, 2.24) is 5.32 Å². The number of nitrogens with one attached hydrogen (secondary N) is 1. The number of nitrogens with zero attached hydrogens (tertiary/aromatic N) is 1. The van der Waals surface area contributed by atoms with Crippen LogP contribution in [0.4, 0.5) is 5.69 Å². The van der Waals surface area contributed by atoms with Crippen LogP contribution in [0, 0.1) is 6.92 Å². The fourth-order valence-corrected chi connectivity index (χ4v) is 3.99. The second-order valence-corrected chi connectivity index (χ2v) is 9.02. The van der Waals surface area contributed by atoms with Crippen LogP contribution in [-0.4, -0.2) is 49.7 Å². The van der Waals surface area contributed by atoms with Gasteiger partial charge in [0.25, 0.3) is 0 Å². The van der Waals surface area contributed by atoms with E-state index in [1.54, 1.807) is 37.3 Å². The van der Waals surface area contributed by atoms with E-state index in [0.717, 1.165) is 11.1 Å². The minimum Gasteiger partial charge on any atom is -0.426 e. The van der Waals surface area contributed by atoms with Gasteiger partial charge in [0.1, 0.15) is 0 Å². The molecule has 0 aliphatic heterocycles. The molecule has 0 aromatic heterocycles. The molecular formula is C20H27BN2O5S. The Labute approximate surface area is 172 Å². The van der Waals surface area contributed by atoms with Crippen LogP contribution in [0.2, 0.25) is 0 Å². The number of anilines is 1. The Morgan fingerprint density at radius 3 is 2.28 bits per heavy atom. The molecule has 2 aromatic carbocycles. The second-order valence-electron chi connectivity index (χ2n) is 6.84. The number of rotatable bonds is 10. The summed E-state index contributed by atoms with van der Waals surface area (Å²) >= 11 is 0. The largest absolute Gasteiger partial charge is 0.475 e. The van der Waals surface area contributed by atoms with Crippen LogP contribution in [0.25, 0.3) is 0 Å². The summed E-state index contributed by atoms with van der Waals surface area (Å²) in [5.74, 6) is -1.44. The molecule has 0 saturated heterocycles. The number of hydrogen-bond acceptors (Lipinski definition) is 5. The van der Waals surface area contributed by atoms with Gasteiger partial charge in [-0.25, -0.2) is 8.42 Å². The molecule has 0 spiro atoms. The van der Waals surface area contributed by atoms with Crippen molar-refractivity contribution in [2.24, 2.45) is 0 Å². The summed E-state index contributed by atoms with van der Waals surface area (Å²) in [5, 5.41) is 21.9. The lowest BCUT2D eigenvalue weighted by Crippen LogP contribution is -2.48. The number of benzene rings is 2. The number of sulfonamides is 1. The van der Waals surface area contributed by atoms with Crippen LogP contribution in [0.3, 0.4) is 0 Å². The molecule has 2 rings (SSSR count). The molecule has 0 aliphatic rings. The van der Waals surface area contributed by atoms with Gasteiger partial charge in [0.05, 0.1) is 17.4 Å². The molecule has 1 amide bonds. The van der Waals surface area contributed by atoms with Crippen LogP contribution in [0.15, 0.2) is 54.6 Å². The SMILES string of the molecule is CCS(=O)(=O)N(CCC(=O)N[C@@H](Cc1ccc(C)cc1)B(O)O)c1ccccc1. The quantitative estimate of drug-likeness (QED) is 0.504. The monoisotopic (exact) mass is 418 g/mol. The molecule has 9 heteroatoms. The van der Waals surface area contributed by atoms with Crippen LogP contribution in [-0.2, 0) is 21.2 Å². The smallest absolute Gasteiger partial charge is 0.426 e. The summed E-state index contributed by atoms with van der Waals surface area (Å²) in [4.78, 5) is 12.4. The van der Waals surface area contributed by atoms with E-state index in [1.807, 2.05) is 31.2 Å². The highest BCUT2D eigenvalue weighted by atomic mass is 32.2. The predicted molar refractivity (Wildman–Crippen MR) is 115 cm³/mol. The minimum atomic E-state index is -3.55. The first-order valence-electron chi connectivity index (χ1n) is 9.49. The van der Waals surface area contributed by atoms with Gasteiger partial charge in [0.15, 0.2) is 0 Å². The van der Waals surface area contributed by atoms with E-state index in [0.29, 0.717) is 5.69 Å². The number of hydrogen-bond donors (Lipinski definition) is 3. The molecule has 156 valence electrons. The molecule has 2 aromatic rings. The summed E-state index contributed by atoms with van der Waals surface area (Å²) in [6, 6.07) is 16.1. The van der Waals surface area contributed by atoms with E-state index in [-0.39, 0.29) is 25.1 Å². The van der Waals surface area contributed by atoms with Crippen molar-refractivity contribution < 1.29 is 23.3 Å². The molecule has 3 N–H and O–H groups in total. The van der Waals surface area contributed by atoms with E-state index < -0.39 is 29.0 Å². The summed E-state index contributed by atoms with van der Waals surface area (Å²) in [6.07, 6.45) is 0.143. The lowest BCUT2D eigenvalue weighted by molar-refractivity contribution is -0.121. The maximum absolute atomic E-state index is 12.4. The number of amides is 1. The summed E-state index contributed by atoms with van der Waals surface area (Å²) < 4.78 is 26.1. The Balaban J connectivity index is 2.03. The van der Waals surface area contributed by atoms with Crippen molar-refractivity contribution in [2.75, 3.05) is 16.6 Å². The third-order valence-corrected chi connectivity index (χ3v) is 6.36. The van der Waals surface area contributed by atoms with Crippen LogP contribution < -0.4 is 9.62 Å². The number of carbonyl (C=O) groups is 1. The number of para-hydroxylation sites is 1. The molecule has 29 heavy (non-hydrogen) atoms. The summed E-state index contributed by atoms with van der Waals surface area (Å²) in [6.45, 7) is 3.46. The molecule has 0 aliphatic carbocycles. The fourth-order valence-electron chi connectivity index (χ4n) is 2.87. The first-order valence-corrected chi connectivity index (χ1v) is 11.1. The van der Waals surface area contributed by atoms with Crippen molar-refractivity contribution in [1.29, 1.82) is 0 Å². The summed E-state index contributed by atoms with van der Waals surface area (Å²) in [7, 11) is -5.28. The highest BCUT2D eigenvalue weighted by Crippen LogP contribution is 2.18. The highest BCUT2D eigenvalue weighted by Gasteiger charge is 2.27. The zero-order chi connectivity index (χ0) is 21.4. The molecular weight excluding hydrogens is 391 g/mol. The Hall–Kier alpha value is -2.36. The first kappa shape index (κ1) is 22.9. The van der Waals surface area contributed by atoms with Gasteiger partial charge >= 0.3 is 7.12 Å². The van der Waals surface area contributed by atoms with Crippen LogP contribution in [0.1, 0.15) is 24.5 Å². The van der Waals surface area contributed by atoms with Gasteiger partial charge in [-0.3, -0.25) is 9.10 Å². The first-order chi connectivity index (χ1) is 13.7. The standard InChI is InChI=1S/C20H27BN2O5S/c1-3-29(27,28)23(18-7-5-4-6-8-18)14-13-20(24)22-19(21(25)26)15-17-11-9-16(2)10-12-17/h4-12,19,25-26H,3,13-15H2,1-2H3,(H,22,24)/t19-/m0/s1. The zero-order valence-corrected chi connectivity index (χ0v) is 17.5. The third kappa shape index (κ3) is 6.88. The average molecular weight is 418 g/mol. The third-order valence-electron chi connectivity index (χ3n) is 4.57. The van der Waals surface area contributed by atoms with Gasteiger partial charge in [-0.1, -0.05) is 48.0 Å². The van der Waals surface area contributed by atoms with Gasteiger partial charge in [-0.2, -0.15) is 0 Å². The molecule has 0 saturated carbocycles. The van der Waals surface area contributed by atoms with Gasteiger partial charge in [-0.05, 0) is 38.0 Å². The van der Waals surface area contributed by atoms with Gasteiger partial charge in [-0.15, -0.1) is 0 Å². The Bertz CT molecular complexity index is 889. The van der Waals surface area contributed by atoms with Crippen molar-refractivity contribution in [3.05, 3.63) is 65.7 Å². The maximum atomic E-state index is 12.4. The highest BCUT2D eigenvalue weighted by molar-refractivity contribution is 7.92. The van der Waals surface area contributed by atoms with E-state index >= 15 is 0 Å². The minimum absolute atomic E-state index is 0.0369. The number of carbonyl (C=O) groups excluding carboxylic acids is 1. The fraction of sp³-hybridized carbons (Fsp3) is 0.350. The molecule has 0 unspecified atom stereocenters. The maximum Gasteiger partial charge on any atom is 0.475 e. The molecule has 0 bridgehead atoms. The van der Waals surface area contributed by atoms with Gasteiger partial charge in [0.2, 0.25) is 15.9 Å². The van der Waals surface area contributed by atoms with E-state index in [2.05, 4.69) is 5.32 Å². The molecule has 0 heterocycles. The molecule has 0 radical (unpaired) electrons. The molecule has 7 nitrogen and oxygen atoms in total. The number of aryl methyl sites for hydroxylation is 1. The van der Waals surface area contributed by atoms with Crippen LogP contribution in [0.5, 0.6) is 0 Å². The Kier molecular flexibility index (Phi) is 8.25. The van der Waals surface area contributed by atoms with Gasteiger partial charge < -0.3 is 15.4 Å². The predicted octanol–water partition coefficient (Wildman–Crippen LogP) is 1.28. The zero-order valence-electron chi connectivity index (χ0n) is 16.7. The normalized spacial score (nSPS) is 12.3. The van der Waals surface area contributed by atoms with E-state index in [1.165, 1.54) is 4.31 Å². The average Bonchev–Trinajstić information content (AvgIpc) is 2.69. The van der Waals surface area contributed by atoms with Gasteiger partial charge in [0, 0.05) is 13.0 Å². The Morgan fingerprint density at radius 2 is 1.72 bits per heavy atom. The molecule has 0 fully saturated rings. The van der Waals surface area contributed by atoms with E-state index in [4.69, 9.17) is 0 Å². The summed E-state index contributed by atoms with van der Waals surface area (Å²) in [5.41, 5.74) is 2.42. The van der Waals surface area contributed by atoms with Crippen molar-refractivity contribution >= 4 is 28.7 Å². The van der Waals surface area contributed by atoms with Crippen molar-refractivity contribution in [3.63, 3.8) is 0 Å². The Morgan fingerprint density at radius 1 is 1.10 bits per heavy atom. The van der Waals surface area contributed by atoms with Crippen LogP contribution >= 0.6 is 0 Å².